The highest BCUT2D eigenvalue weighted by atomic mass is 16.5. The Hall–Kier alpha value is -3.16. The number of allylic oxidation sites excluding steroid dienone is 2. The highest BCUT2D eigenvalue weighted by Crippen LogP contribution is 2.50. The third-order valence-electron chi connectivity index (χ3n) is 5.61. The highest BCUT2D eigenvalue weighted by molar-refractivity contribution is 6.01. The van der Waals surface area contributed by atoms with Gasteiger partial charge in [0.25, 0.3) is 5.56 Å². The second kappa shape index (κ2) is 6.72. The minimum absolute atomic E-state index is 0.0359. The van der Waals surface area contributed by atoms with E-state index in [4.69, 9.17) is 14.2 Å². The Morgan fingerprint density at radius 1 is 0.966 bits per heavy atom. The predicted molar refractivity (Wildman–Crippen MR) is 108 cm³/mol. The zero-order chi connectivity index (χ0) is 20.9. The summed E-state index contributed by atoms with van der Waals surface area (Å²) in [5, 5.41) is 8.81. The Balaban J connectivity index is 1.98. The number of H-pyrrole nitrogens is 2. The van der Waals surface area contributed by atoms with Crippen molar-refractivity contribution < 1.29 is 19.0 Å². The van der Waals surface area contributed by atoms with Crippen LogP contribution < -0.4 is 25.1 Å². The number of carbonyl (C=O) groups excluding carboxylic acids is 1. The summed E-state index contributed by atoms with van der Waals surface area (Å²) in [5.74, 6) is 1.49. The van der Waals surface area contributed by atoms with Gasteiger partial charge in [-0.25, -0.2) is 0 Å². The van der Waals surface area contributed by atoms with E-state index in [0.29, 0.717) is 47.0 Å². The first kappa shape index (κ1) is 19.2. The fourth-order valence-electron chi connectivity index (χ4n) is 4.42. The van der Waals surface area contributed by atoms with Crippen molar-refractivity contribution in [2.45, 2.75) is 32.6 Å². The van der Waals surface area contributed by atoms with Gasteiger partial charge in [0.1, 0.15) is 5.82 Å². The molecule has 4 rings (SSSR count). The van der Waals surface area contributed by atoms with Crippen LogP contribution in [0.25, 0.3) is 0 Å². The van der Waals surface area contributed by atoms with Gasteiger partial charge in [0.15, 0.2) is 17.3 Å². The van der Waals surface area contributed by atoms with E-state index in [-0.39, 0.29) is 16.8 Å². The molecule has 1 aliphatic carbocycles. The molecule has 0 unspecified atom stereocenters. The molecular formula is C21H25N3O5. The van der Waals surface area contributed by atoms with Crippen molar-refractivity contribution in [3.63, 3.8) is 0 Å². The average molecular weight is 399 g/mol. The van der Waals surface area contributed by atoms with Crippen LogP contribution in [0.2, 0.25) is 0 Å². The minimum Gasteiger partial charge on any atom is -0.493 e. The van der Waals surface area contributed by atoms with E-state index in [0.717, 1.165) is 11.3 Å². The van der Waals surface area contributed by atoms with E-state index in [2.05, 4.69) is 29.4 Å². The zero-order valence-corrected chi connectivity index (χ0v) is 17.2. The normalized spacial score (nSPS) is 19.9. The van der Waals surface area contributed by atoms with Crippen LogP contribution in [-0.2, 0) is 4.79 Å². The molecule has 0 saturated heterocycles. The molecular weight excluding hydrogens is 374 g/mol. The fraction of sp³-hybridized carbons (Fsp3) is 0.429. The van der Waals surface area contributed by atoms with Crippen molar-refractivity contribution in [3.05, 3.63) is 44.9 Å². The van der Waals surface area contributed by atoms with Gasteiger partial charge in [0, 0.05) is 23.6 Å². The maximum Gasteiger partial charge on any atom is 0.270 e. The van der Waals surface area contributed by atoms with Crippen LogP contribution in [-0.4, -0.2) is 37.3 Å². The molecule has 8 nitrogen and oxygen atoms in total. The van der Waals surface area contributed by atoms with Gasteiger partial charge in [0.05, 0.1) is 26.9 Å². The van der Waals surface area contributed by atoms with E-state index in [1.165, 1.54) is 21.3 Å². The Morgan fingerprint density at radius 2 is 1.62 bits per heavy atom. The number of aromatic nitrogens is 2. The van der Waals surface area contributed by atoms with Gasteiger partial charge in [-0.3, -0.25) is 19.8 Å². The second-order valence-electron chi connectivity index (χ2n) is 8.22. The molecule has 1 atom stereocenters. The molecule has 1 aromatic heterocycles. The summed E-state index contributed by atoms with van der Waals surface area (Å²) in [7, 11) is 4.61. The lowest BCUT2D eigenvalue weighted by Gasteiger charge is -2.38. The molecule has 3 N–H and O–H groups in total. The molecule has 2 aromatic rings. The van der Waals surface area contributed by atoms with Crippen LogP contribution in [0.15, 0.2) is 28.2 Å². The summed E-state index contributed by atoms with van der Waals surface area (Å²) in [6.07, 6.45) is 1.13. The Kier molecular flexibility index (Phi) is 4.44. The smallest absolute Gasteiger partial charge is 0.270 e. The van der Waals surface area contributed by atoms with Gasteiger partial charge in [0.2, 0.25) is 5.75 Å². The van der Waals surface area contributed by atoms with Crippen LogP contribution in [0.4, 0.5) is 5.82 Å². The molecule has 154 valence electrons. The number of benzene rings is 1. The lowest BCUT2D eigenvalue weighted by Crippen LogP contribution is -2.35. The molecule has 1 aliphatic heterocycles. The number of fused-ring (bicyclic) bond motifs is 1. The largest absolute Gasteiger partial charge is 0.493 e. The lowest BCUT2D eigenvalue weighted by atomic mass is 9.69. The Bertz CT molecular complexity index is 1050. The summed E-state index contributed by atoms with van der Waals surface area (Å²) in [4.78, 5) is 25.8. The van der Waals surface area contributed by atoms with Crippen LogP contribution in [0, 0.1) is 5.41 Å². The molecule has 0 saturated carbocycles. The summed E-state index contributed by atoms with van der Waals surface area (Å²) < 4.78 is 16.4. The zero-order valence-electron chi connectivity index (χ0n) is 17.2. The van der Waals surface area contributed by atoms with Crippen molar-refractivity contribution in [1.82, 2.24) is 10.2 Å². The molecule has 0 bridgehead atoms. The molecule has 2 aliphatic rings. The van der Waals surface area contributed by atoms with E-state index in [1.54, 1.807) is 12.1 Å². The molecule has 2 heterocycles. The van der Waals surface area contributed by atoms with Gasteiger partial charge in [-0.05, 0) is 29.5 Å². The third-order valence-corrected chi connectivity index (χ3v) is 5.61. The van der Waals surface area contributed by atoms with Gasteiger partial charge in [-0.1, -0.05) is 13.8 Å². The predicted octanol–water partition coefficient (Wildman–Crippen LogP) is 2.93. The average Bonchev–Trinajstić information content (AvgIpc) is 3.04. The minimum atomic E-state index is -0.534. The van der Waals surface area contributed by atoms with E-state index in [1.807, 2.05) is 0 Å². The van der Waals surface area contributed by atoms with Crippen LogP contribution in [0.5, 0.6) is 17.2 Å². The van der Waals surface area contributed by atoms with Crippen molar-refractivity contribution in [2.75, 3.05) is 26.6 Å². The number of Topliss-reactive ketones (excluding diaryl/α,β-unsaturated/α-hetero) is 1. The van der Waals surface area contributed by atoms with Crippen LogP contribution >= 0.6 is 0 Å². The SMILES string of the molecule is COc1cc([C@@H]2C3=C(CC(C)(C)CC3=O)Nc3[nH][nH]c(=O)c32)cc(OC)c1OC. The Labute approximate surface area is 168 Å². The van der Waals surface area contributed by atoms with Gasteiger partial charge >= 0.3 is 0 Å². The van der Waals surface area contributed by atoms with E-state index >= 15 is 0 Å². The monoisotopic (exact) mass is 399 g/mol. The number of hydrogen-bond donors (Lipinski definition) is 3. The van der Waals surface area contributed by atoms with E-state index < -0.39 is 5.92 Å². The number of nitrogens with one attached hydrogen (secondary N) is 3. The highest BCUT2D eigenvalue weighted by Gasteiger charge is 2.42. The first-order valence-corrected chi connectivity index (χ1v) is 9.43. The molecule has 1 aromatic carbocycles. The molecule has 0 spiro atoms. The van der Waals surface area contributed by atoms with Gasteiger partial charge < -0.3 is 19.5 Å². The lowest BCUT2D eigenvalue weighted by molar-refractivity contribution is -0.118. The van der Waals surface area contributed by atoms with Crippen molar-refractivity contribution in [2.24, 2.45) is 5.41 Å². The second-order valence-corrected chi connectivity index (χ2v) is 8.22. The number of hydrogen-bond acceptors (Lipinski definition) is 6. The summed E-state index contributed by atoms with van der Waals surface area (Å²) in [5.41, 5.74) is 2.25. The number of anilines is 1. The number of carbonyl (C=O) groups is 1. The fourth-order valence-corrected chi connectivity index (χ4v) is 4.42. The molecule has 8 heteroatoms. The number of ether oxygens (including phenoxy) is 3. The Morgan fingerprint density at radius 3 is 2.21 bits per heavy atom. The van der Waals surface area contributed by atoms with Crippen LogP contribution in [0.3, 0.4) is 0 Å². The summed E-state index contributed by atoms with van der Waals surface area (Å²) >= 11 is 0. The molecule has 29 heavy (non-hydrogen) atoms. The number of ketones is 1. The van der Waals surface area contributed by atoms with Crippen molar-refractivity contribution in [3.8, 4) is 17.2 Å². The molecule has 0 radical (unpaired) electrons. The topological polar surface area (TPSA) is 105 Å². The molecule has 0 amide bonds. The summed E-state index contributed by atoms with van der Waals surface area (Å²) in [6.45, 7) is 4.14. The summed E-state index contributed by atoms with van der Waals surface area (Å²) in [6, 6.07) is 3.59. The van der Waals surface area contributed by atoms with Crippen molar-refractivity contribution in [1.29, 1.82) is 0 Å². The third kappa shape index (κ3) is 2.99. The van der Waals surface area contributed by atoms with Gasteiger partial charge in [-0.2, -0.15) is 0 Å². The van der Waals surface area contributed by atoms with Gasteiger partial charge in [-0.15, -0.1) is 0 Å². The maximum atomic E-state index is 13.2. The van der Waals surface area contributed by atoms with Crippen molar-refractivity contribution >= 4 is 11.6 Å². The number of rotatable bonds is 4. The maximum absolute atomic E-state index is 13.2. The van der Waals surface area contributed by atoms with E-state index in [9.17, 15) is 9.59 Å². The number of aromatic amines is 2. The molecule has 0 fully saturated rings. The van der Waals surface area contributed by atoms with Crippen LogP contribution in [0.1, 0.15) is 43.7 Å². The first-order valence-electron chi connectivity index (χ1n) is 9.43. The quantitative estimate of drug-likeness (QED) is 0.730. The first-order chi connectivity index (χ1) is 13.8. The standard InChI is InChI=1S/C21H25N3O5/c1-21(2)8-11-16(12(25)9-21)15(17-19(22-11)23-24-20(17)26)10-6-13(27-3)18(29-5)14(7-10)28-4/h6-7,15H,8-9H2,1-5H3,(H3,22,23,24,26)/t15-/m1/s1. The number of methoxy groups -OCH3 is 3.